The number of H-pyrrole nitrogens is 1. The zero-order valence-electron chi connectivity index (χ0n) is 17.4. The van der Waals surface area contributed by atoms with Crippen LogP contribution in [0, 0.1) is 5.92 Å². The fourth-order valence-electron chi connectivity index (χ4n) is 4.71. The monoisotopic (exact) mass is 411 g/mol. The topological polar surface area (TPSA) is 74.8 Å². The Kier molecular flexibility index (Phi) is 5.24. The zero-order valence-corrected chi connectivity index (χ0v) is 17.4. The Balaban J connectivity index is 1.38. The first-order valence-corrected chi connectivity index (χ1v) is 10.9. The number of aromatic amines is 1. The van der Waals surface area contributed by atoms with E-state index in [0.717, 1.165) is 27.7 Å². The van der Waals surface area contributed by atoms with E-state index in [1.165, 1.54) is 25.7 Å². The summed E-state index contributed by atoms with van der Waals surface area (Å²) in [6.45, 7) is 0. The molecule has 0 radical (unpaired) electrons. The van der Waals surface area contributed by atoms with E-state index in [4.69, 9.17) is 0 Å². The van der Waals surface area contributed by atoms with Crippen LogP contribution in [0.1, 0.15) is 37.7 Å². The van der Waals surface area contributed by atoms with Crippen LogP contribution in [0.2, 0.25) is 0 Å². The van der Waals surface area contributed by atoms with Gasteiger partial charge >= 0.3 is 0 Å². The molecule has 156 valence electrons. The van der Waals surface area contributed by atoms with Gasteiger partial charge in [-0.15, -0.1) is 0 Å². The predicted octanol–water partition coefficient (Wildman–Crippen LogP) is 5.51. The number of rotatable bonds is 6. The highest BCUT2D eigenvalue weighted by atomic mass is 16.1. The summed E-state index contributed by atoms with van der Waals surface area (Å²) < 4.78 is 0. The predicted molar refractivity (Wildman–Crippen MR) is 125 cm³/mol. The summed E-state index contributed by atoms with van der Waals surface area (Å²) in [6.07, 6.45) is 7.85. The SMILES string of the molecule is O=C(Cc1ccc(Nc2ccnc3[nH]c(=O)c4ccccc4c23)cc1)CC1CCCC1. The molecule has 4 aromatic rings. The number of nitrogens with zero attached hydrogens (tertiary/aromatic N) is 1. The van der Waals surface area contributed by atoms with Gasteiger partial charge in [-0.25, -0.2) is 4.98 Å². The Hall–Kier alpha value is -3.47. The molecule has 2 N–H and O–H groups in total. The van der Waals surface area contributed by atoms with Crippen LogP contribution in [0.5, 0.6) is 0 Å². The molecule has 1 saturated carbocycles. The highest BCUT2D eigenvalue weighted by Gasteiger charge is 2.18. The lowest BCUT2D eigenvalue weighted by Crippen LogP contribution is -2.08. The largest absolute Gasteiger partial charge is 0.355 e. The van der Waals surface area contributed by atoms with Crippen LogP contribution < -0.4 is 10.9 Å². The number of ketones is 1. The normalized spacial score (nSPS) is 14.3. The minimum Gasteiger partial charge on any atom is -0.355 e. The Labute approximate surface area is 180 Å². The summed E-state index contributed by atoms with van der Waals surface area (Å²) in [5.74, 6) is 0.929. The molecule has 5 nitrogen and oxygen atoms in total. The second-order valence-electron chi connectivity index (χ2n) is 8.47. The highest BCUT2D eigenvalue weighted by Crippen LogP contribution is 2.30. The third-order valence-corrected chi connectivity index (χ3v) is 6.25. The van der Waals surface area contributed by atoms with Gasteiger partial charge in [-0.05, 0) is 35.7 Å². The maximum absolute atomic E-state index is 12.4. The molecule has 0 unspecified atom stereocenters. The first-order valence-electron chi connectivity index (χ1n) is 10.9. The van der Waals surface area contributed by atoms with Crippen molar-refractivity contribution in [2.45, 2.75) is 38.5 Å². The fourth-order valence-corrected chi connectivity index (χ4v) is 4.71. The van der Waals surface area contributed by atoms with Crippen molar-refractivity contribution in [3.63, 3.8) is 0 Å². The number of aromatic nitrogens is 2. The second-order valence-corrected chi connectivity index (χ2v) is 8.47. The van der Waals surface area contributed by atoms with Gasteiger partial charge in [-0.1, -0.05) is 56.0 Å². The van der Waals surface area contributed by atoms with Crippen molar-refractivity contribution in [2.75, 3.05) is 5.32 Å². The van der Waals surface area contributed by atoms with Gasteiger partial charge in [0.2, 0.25) is 0 Å². The van der Waals surface area contributed by atoms with Crippen molar-refractivity contribution in [1.82, 2.24) is 9.97 Å². The number of hydrogen-bond donors (Lipinski definition) is 2. The number of carbonyl (C=O) groups is 1. The van der Waals surface area contributed by atoms with Gasteiger partial charge in [0.25, 0.3) is 5.56 Å². The molecule has 2 aromatic carbocycles. The van der Waals surface area contributed by atoms with E-state index in [0.29, 0.717) is 35.6 Å². The van der Waals surface area contributed by atoms with Crippen LogP contribution in [0.25, 0.3) is 21.8 Å². The number of Topliss-reactive ketones (excluding diaryl/α,β-unsaturated/α-hetero) is 1. The number of carbonyl (C=O) groups excluding carboxylic acids is 1. The first kappa shape index (κ1) is 19.5. The second kappa shape index (κ2) is 8.34. The molecule has 2 heterocycles. The van der Waals surface area contributed by atoms with Crippen molar-refractivity contribution in [3.8, 4) is 0 Å². The summed E-state index contributed by atoms with van der Waals surface area (Å²) in [6, 6.07) is 17.5. The molecular formula is C26H25N3O2. The first-order chi connectivity index (χ1) is 15.2. The summed E-state index contributed by atoms with van der Waals surface area (Å²) in [4.78, 5) is 32.0. The van der Waals surface area contributed by atoms with Crippen LogP contribution in [0.15, 0.2) is 65.6 Å². The van der Waals surface area contributed by atoms with E-state index in [1.54, 1.807) is 6.20 Å². The van der Waals surface area contributed by atoms with E-state index in [9.17, 15) is 9.59 Å². The van der Waals surface area contributed by atoms with E-state index in [-0.39, 0.29) is 5.56 Å². The van der Waals surface area contributed by atoms with Gasteiger partial charge < -0.3 is 10.3 Å². The van der Waals surface area contributed by atoms with Crippen LogP contribution in [0.4, 0.5) is 11.4 Å². The summed E-state index contributed by atoms with van der Waals surface area (Å²) in [5.41, 5.74) is 3.27. The van der Waals surface area contributed by atoms with Crippen molar-refractivity contribution >= 4 is 39.0 Å². The Morgan fingerprint density at radius 1 is 1.00 bits per heavy atom. The van der Waals surface area contributed by atoms with Gasteiger partial charge in [-0.2, -0.15) is 0 Å². The Morgan fingerprint density at radius 3 is 2.52 bits per heavy atom. The highest BCUT2D eigenvalue weighted by molar-refractivity contribution is 6.10. The van der Waals surface area contributed by atoms with E-state index in [2.05, 4.69) is 15.3 Å². The quantitative estimate of drug-likeness (QED) is 0.410. The van der Waals surface area contributed by atoms with Gasteiger partial charge in [0.1, 0.15) is 11.4 Å². The summed E-state index contributed by atoms with van der Waals surface area (Å²) in [5, 5.41) is 5.84. The lowest BCUT2D eigenvalue weighted by molar-refractivity contribution is -0.119. The van der Waals surface area contributed by atoms with Gasteiger partial charge in [-0.3, -0.25) is 9.59 Å². The lowest BCUT2D eigenvalue weighted by atomic mass is 9.97. The minimum atomic E-state index is -0.139. The molecule has 5 heteroatoms. The van der Waals surface area contributed by atoms with Gasteiger partial charge in [0, 0.05) is 40.9 Å². The molecule has 0 saturated heterocycles. The van der Waals surface area contributed by atoms with Crippen molar-refractivity contribution < 1.29 is 4.79 Å². The molecule has 1 fully saturated rings. The molecule has 1 aliphatic rings. The molecule has 0 atom stereocenters. The fraction of sp³-hybridized carbons (Fsp3) is 0.269. The Bertz CT molecular complexity index is 1300. The van der Waals surface area contributed by atoms with E-state index >= 15 is 0 Å². The van der Waals surface area contributed by atoms with Gasteiger partial charge in [0.05, 0.1) is 5.69 Å². The van der Waals surface area contributed by atoms with Crippen molar-refractivity contribution in [1.29, 1.82) is 0 Å². The third kappa shape index (κ3) is 4.08. The molecule has 0 bridgehead atoms. The van der Waals surface area contributed by atoms with Crippen LogP contribution in [-0.2, 0) is 11.2 Å². The van der Waals surface area contributed by atoms with Gasteiger partial charge in [0.15, 0.2) is 0 Å². The van der Waals surface area contributed by atoms with Crippen LogP contribution in [0.3, 0.4) is 0 Å². The molecule has 31 heavy (non-hydrogen) atoms. The molecule has 0 aliphatic heterocycles. The number of fused-ring (bicyclic) bond motifs is 3. The number of benzene rings is 2. The van der Waals surface area contributed by atoms with Crippen molar-refractivity contribution in [3.05, 3.63) is 76.7 Å². The number of nitrogens with one attached hydrogen (secondary N) is 2. The molecule has 0 spiro atoms. The smallest absolute Gasteiger partial charge is 0.257 e. The number of pyridine rings is 2. The average Bonchev–Trinajstić information content (AvgIpc) is 3.28. The van der Waals surface area contributed by atoms with Crippen LogP contribution in [-0.4, -0.2) is 15.8 Å². The average molecular weight is 412 g/mol. The number of hydrogen-bond acceptors (Lipinski definition) is 4. The molecule has 1 aliphatic carbocycles. The zero-order chi connectivity index (χ0) is 21.2. The van der Waals surface area contributed by atoms with E-state index in [1.807, 2.05) is 54.6 Å². The standard InChI is InChI=1S/C26H25N3O2/c30-20(15-17-5-1-2-6-17)16-18-9-11-19(12-10-18)28-23-13-14-27-25-24(23)21-7-3-4-8-22(21)26(31)29-25/h3-4,7-14,17H,1-2,5-6,15-16H2,(H2,27,28,29,31). The van der Waals surface area contributed by atoms with Crippen molar-refractivity contribution in [2.24, 2.45) is 5.92 Å². The molecule has 5 rings (SSSR count). The summed E-state index contributed by atoms with van der Waals surface area (Å²) >= 11 is 0. The summed E-state index contributed by atoms with van der Waals surface area (Å²) in [7, 11) is 0. The third-order valence-electron chi connectivity index (χ3n) is 6.25. The van der Waals surface area contributed by atoms with E-state index < -0.39 is 0 Å². The molecule has 2 aromatic heterocycles. The minimum absolute atomic E-state index is 0.139. The maximum Gasteiger partial charge on any atom is 0.257 e. The van der Waals surface area contributed by atoms with Crippen LogP contribution >= 0.6 is 0 Å². The molecular weight excluding hydrogens is 386 g/mol. The maximum atomic E-state index is 12.4. The number of anilines is 2. The molecule has 0 amide bonds. The lowest BCUT2D eigenvalue weighted by Gasteiger charge is -2.12. The Morgan fingerprint density at radius 2 is 1.74 bits per heavy atom.